The van der Waals surface area contributed by atoms with Crippen molar-refractivity contribution in [1.29, 1.82) is 0 Å². The van der Waals surface area contributed by atoms with Crippen LogP contribution in [0.2, 0.25) is 0 Å². The predicted octanol–water partition coefficient (Wildman–Crippen LogP) is 5.89. The van der Waals surface area contributed by atoms with Gasteiger partial charge in [-0.15, -0.1) is 0 Å². The summed E-state index contributed by atoms with van der Waals surface area (Å²) < 4.78 is 0. The molecule has 0 heterocycles. The fraction of sp³-hybridized carbons (Fsp3) is 0.826. The third-order valence-electron chi connectivity index (χ3n) is 4.99. The van der Waals surface area contributed by atoms with E-state index in [2.05, 4.69) is 19.1 Å². The van der Waals surface area contributed by atoms with Crippen molar-refractivity contribution >= 4 is 11.9 Å². The highest BCUT2D eigenvalue weighted by atomic mass is 16.4. The largest absolute Gasteiger partial charge is 0.481 e. The van der Waals surface area contributed by atoms with Crippen molar-refractivity contribution in [3.05, 3.63) is 12.2 Å². The topological polar surface area (TPSA) is 77.8 Å². The summed E-state index contributed by atoms with van der Waals surface area (Å²) in [5.41, 5.74) is 0. The lowest BCUT2D eigenvalue weighted by atomic mass is 10.1. The van der Waals surface area contributed by atoms with Crippen molar-refractivity contribution in [3.63, 3.8) is 0 Å². The molecule has 0 atom stereocenters. The maximum absolute atomic E-state index is 10.8. The first-order valence-electron chi connectivity index (χ1n) is 11.4. The Balaban J connectivity index is 3.46. The molecule has 164 valence electrons. The second-order valence-corrected chi connectivity index (χ2v) is 7.75. The van der Waals surface area contributed by atoms with Crippen LogP contribution in [-0.4, -0.2) is 46.7 Å². The van der Waals surface area contributed by atoms with Crippen molar-refractivity contribution in [1.82, 2.24) is 4.90 Å². The molecule has 5 nitrogen and oxygen atoms in total. The summed E-state index contributed by atoms with van der Waals surface area (Å²) in [5.74, 6) is -1.77. The van der Waals surface area contributed by atoms with Gasteiger partial charge in [-0.05, 0) is 38.6 Å². The van der Waals surface area contributed by atoms with E-state index in [1.54, 1.807) is 4.90 Å². The number of allylic oxidation sites excluding steroid dienone is 2. The van der Waals surface area contributed by atoms with Crippen LogP contribution in [0.5, 0.6) is 0 Å². The Morgan fingerprint density at radius 2 is 1.18 bits per heavy atom. The van der Waals surface area contributed by atoms with Crippen LogP contribution < -0.4 is 0 Å². The van der Waals surface area contributed by atoms with Gasteiger partial charge in [0.15, 0.2) is 0 Å². The molecular formula is C23H43NO4. The molecule has 28 heavy (non-hydrogen) atoms. The number of unbranched alkanes of at least 4 members (excludes halogenated alkanes) is 12. The average molecular weight is 398 g/mol. The quantitative estimate of drug-likeness (QED) is 0.187. The summed E-state index contributed by atoms with van der Waals surface area (Å²) in [7, 11) is 0. The number of carboxylic acids is 2. The van der Waals surface area contributed by atoms with Crippen LogP contribution in [0, 0.1) is 0 Å². The zero-order chi connectivity index (χ0) is 20.9. The first-order valence-corrected chi connectivity index (χ1v) is 11.4. The molecule has 0 aromatic carbocycles. The van der Waals surface area contributed by atoms with Crippen LogP contribution >= 0.6 is 0 Å². The lowest BCUT2D eigenvalue weighted by molar-refractivity contribution is -0.141. The Kier molecular flexibility index (Phi) is 19.4. The van der Waals surface area contributed by atoms with Gasteiger partial charge in [0.25, 0.3) is 0 Å². The molecule has 0 unspecified atom stereocenters. The van der Waals surface area contributed by atoms with Gasteiger partial charge in [-0.1, -0.05) is 76.9 Å². The molecule has 0 aliphatic carbocycles. The molecule has 0 saturated heterocycles. The number of hydrogen-bond donors (Lipinski definition) is 2. The van der Waals surface area contributed by atoms with Gasteiger partial charge in [0.05, 0.1) is 13.0 Å². The van der Waals surface area contributed by atoms with Crippen molar-refractivity contribution in [3.8, 4) is 0 Å². The average Bonchev–Trinajstić information content (AvgIpc) is 2.65. The Labute approximate surface area is 172 Å². The van der Waals surface area contributed by atoms with Crippen LogP contribution in [0.4, 0.5) is 0 Å². The number of carboxylic acid groups (broad SMARTS) is 2. The highest BCUT2D eigenvalue weighted by Gasteiger charge is 2.10. The highest BCUT2D eigenvalue weighted by molar-refractivity contribution is 5.69. The molecular weight excluding hydrogens is 354 g/mol. The fourth-order valence-electron chi connectivity index (χ4n) is 3.30. The van der Waals surface area contributed by atoms with Crippen molar-refractivity contribution in [2.75, 3.05) is 19.6 Å². The number of aliphatic carboxylic acids is 2. The smallest absolute Gasteiger partial charge is 0.317 e. The lowest BCUT2D eigenvalue weighted by Gasteiger charge is -2.19. The second-order valence-electron chi connectivity index (χ2n) is 7.75. The maximum atomic E-state index is 10.8. The van der Waals surface area contributed by atoms with Gasteiger partial charge in [-0.25, -0.2) is 0 Å². The zero-order valence-electron chi connectivity index (χ0n) is 18.0. The zero-order valence-corrected chi connectivity index (χ0v) is 18.0. The molecule has 0 saturated carbocycles. The van der Waals surface area contributed by atoms with Crippen LogP contribution in [0.3, 0.4) is 0 Å². The SMILES string of the molecule is CCCCCCCC/C=C\CCCCCCCCN(CCC(=O)O)CC(=O)O. The van der Waals surface area contributed by atoms with E-state index in [1.807, 2.05) is 0 Å². The fourth-order valence-corrected chi connectivity index (χ4v) is 3.30. The maximum Gasteiger partial charge on any atom is 0.317 e. The summed E-state index contributed by atoms with van der Waals surface area (Å²) >= 11 is 0. The monoisotopic (exact) mass is 397 g/mol. The van der Waals surface area contributed by atoms with Crippen LogP contribution in [0.25, 0.3) is 0 Å². The van der Waals surface area contributed by atoms with E-state index in [4.69, 9.17) is 10.2 Å². The summed E-state index contributed by atoms with van der Waals surface area (Å²) in [5, 5.41) is 17.6. The summed E-state index contributed by atoms with van der Waals surface area (Å²) in [4.78, 5) is 23.2. The predicted molar refractivity (Wildman–Crippen MR) is 116 cm³/mol. The van der Waals surface area contributed by atoms with Gasteiger partial charge in [0, 0.05) is 6.54 Å². The molecule has 0 aliphatic rings. The van der Waals surface area contributed by atoms with Gasteiger partial charge in [-0.3, -0.25) is 14.5 Å². The summed E-state index contributed by atoms with van der Waals surface area (Å²) in [6.07, 6.45) is 22.1. The van der Waals surface area contributed by atoms with Gasteiger partial charge in [0.2, 0.25) is 0 Å². The van der Waals surface area contributed by atoms with Crippen molar-refractivity contribution in [2.45, 2.75) is 103 Å². The van der Waals surface area contributed by atoms with Crippen LogP contribution in [0.1, 0.15) is 103 Å². The number of nitrogens with zero attached hydrogens (tertiary/aromatic N) is 1. The number of hydrogen-bond acceptors (Lipinski definition) is 3. The molecule has 5 heteroatoms. The standard InChI is InChI=1S/C23H43NO4/c1-2-3-4-5-6-7-8-9-10-11-12-13-14-15-16-17-19-24(21-23(27)28)20-18-22(25)26/h9-10H,2-8,11-21H2,1H3,(H,25,26)(H,27,28)/b10-9-. The van der Waals surface area contributed by atoms with Gasteiger partial charge >= 0.3 is 11.9 Å². The van der Waals surface area contributed by atoms with E-state index in [1.165, 1.54) is 77.0 Å². The van der Waals surface area contributed by atoms with E-state index >= 15 is 0 Å². The molecule has 0 radical (unpaired) electrons. The molecule has 2 N–H and O–H groups in total. The van der Waals surface area contributed by atoms with Gasteiger partial charge in [0.1, 0.15) is 0 Å². The van der Waals surface area contributed by atoms with Crippen molar-refractivity contribution in [2.24, 2.45) is 0 Å². The van der Waals surface area contributed by atoms with E-state index in [0.717, 1.165) is 12.8 Å². The molecule has 0 spiro atoms. The normalized spacial score (nSPS) is 11.5. The van der Waals surface area contributed by atoms with Crippen LogP contribution in [-0.2, 0) is 9.59 Å². The van der Waals surface area contributed by atoms with E-state index in [0.29, 0.717) is 13.1 Å². The minimum atomic E-state index is -0.894. The van der Waals surface area contributed by atoms with E-state index in [-0.39, 0.29) is 13.0 Å². The first-order chi connectivity index (χ1) is 13.6. The third-order valence-corrected chi connectivity index (χ3v) is 4.99. The number of rotatable bonds is 21. The Morgan fingerprint density at radius 3 is 1.68 bits per heavy atom. The highest BCUT2D eigenvalue weighted by Crippen LogP contribution is 2.10. The van der Waals surface area contributed by atoms with Gasteiger partial charge in [-0.2, -0.15) is 0 Å². The second kappa shape index (κ2) is 20.4. The Hall–Kier alpha value is -1.36. The Bertz CT molecular complexity index is 409. The minimum Gasteiger partial charge on any atom is -0.481 e. The molecule has 0 aromatic heterocycles. The molecule has 0 amide bonds. The molecule has 0 rings (SSSR count). The summed E-state index contributed by atoms with van der Waals surface area (Å²) in [6.45, 7) is 3.16. The molecule has 0 fully saturated rings. The first kappa shape index (κ1) is 26.6. The molecule has 0 aliphatic heterocycles. The van der Waals surface area contributed by atoms with E-state index < -0.39 is 11.9 Å². The number of carbonyl (C=O) groups is 2. The molecule has 0 bridgehead atoms. The van der Waals surface area contributed by atoms with Gasteiger partial charge < -0.3 is 10.2 Å². The molecule has 0 aromatic rings. The summed E-state index contributed by atoms with van der Waals surface area (Å²) in [6, 6.07) is 0. The Morgan fingerprint density at radius 1 is 0.679 bits per heavy atom. The van der Waals surface area contributed by atoms with Crippen molar-refractivity contribution < 1.29 is 19.8 Å². The minimum absolute atomic E-state index is 0.000342. The van der Waals surface area contributed by atoms with Crippen LogP contribution in [0.15, 0.2) is 12.2 Å². The third kappa shape index (κ3) is 20.9. The lowest BCUT2D eigenvalue weighted by Crippen LogP contribution is -2.32. The van der Waals surface area contributed by atoms with E-state index in [9.17, 15) is 9.59 Å².